The molecule has 1 aromatic rings. The standard InChI is InChI=1S/C18H23BrClNO6/c1-17(2,3)26-15(23)21(16(24)27-18(4,5)6)12-9-10(14(22)25-7)8-11(19)13(12)20/h8-9H,1-7H3. The predicted octanol–water partition coefficient (Wildman–Crippen LogP) is 5.57. The molecule has 2 amide bonds. The Balaban J connectivity index is 3.54. The quantitative estimate of drug-likeness (QED) is 0.420. The second-order valence-electron chi connectivity index (χ2n) is 7.58. The van der Waals surface area contributed by atoms with Crippen molar-refractivity contribution < 1.29 is 28.6 Å². The molecule has 0 aliphatic carbocycles. The highest BCUT2D eigenvalue weighted by Gasteiger charge is 2.35. The number of benzene rings is 1. The maximum absolute atomic E-state index is 12.7. The Morgan fingerprint density at radius 3 is 1.78 bits per heavy atom. The van der Waals surface area contributed by atoms with Crippen LogP contribution in [-0.4, -0.2) is 36.5 Å². The van der Waals surface area contributed by atoms with Crippen molar-refractivity contribution in [2.75, 3.05) is 12.0 Å². The summed E-state index contributed by atoms with van der Waals surface area (Å²) >= 11 is 9.50. The number of amides is 2. The summed E-state index contributed by atoms with van der Waals surface area (Å²) in [7, 11) is 1.21. The highest BCUT2D eigenvalue weighted by Crippen LogP contribution is 2.36. The van der Waals surface area contributed by atoms with Gasteiger partial charge in [-0.2, -0.15) is 4.90 Å². The Kier molecular flexibility index (Phi) is 7.30. The first-order valence-electron chi connectivity index (χ1n) is 7.99. The third-order valence-electron chi connectivity index (χ3n) is 2.82. The molecule has 1 rings (SSSR count). The summed E-state index contributed by atoms with van der Waals surface area (Å²) in [5.41, 5.74) is -1.74. The monoisotopic (exact) mass is 463 g/mol. The second kappa shape index (κ2) is 8.48. The van der Waals surface area contributed by atoms with E-state index >= 15 is 0 Å². The summed E-state index contributed by atoms with van der Waals surface area (Å²) in [6.07, 6.45) is -1.99. The Morgan fingerprint density at radius 2 is 1.41 bits per heavy atom. The van der Waals surface area contributed by atoms with E-state index in [1.165, 1.54) is 19.2 Å². The number of carbonyl (C=O) groups is 3. The number of imide groups is 1. The van der Waals surface area contributed by atoms with Gasteiger partial charge >= 0.3 is 18.2 Å². The average Bonchev–Trinajstić information content (AvgIpc) is 2.47. The first kappa shape index (κ1) is 23.2. The SMILES string of the molecule is COC(=O)c1cc(Br)c(Cl)c(N(C(=O)OC(C)(C)C)C(=O)OC(C)(C)C)c1. The van der Waals surface area contributed by atoms with E-state index in [1.54, 1.807) is 41.5 Å². The van der Waals surface area contributed by atoms with Gasteiger partial charge < -0.3 is 14.2 Å². The van der Waals surface area contributed by atoms with Gasteiger partial charge in [0, 0.05) is 4.47 Å². The van der Waals surface area contributed by atoms with Gasteiger partial charge in [-0.15, -0.1) is 0 Å². The molecule has 150 valence electrons. The zero-order chi connectivity index (χ0) is 21.2. The zero-order valence-corrected chi connectivity index (χ0v) is 18.6. The molecule has 27 heavy (non-hydrogen) atoms. The summed E-state index contributed by atoms with van der Waals surface area (Å²) in [6.45, 7) is 9.92. The molecule has 0 atom stereocenters. The van der Waals surface area contributed by atoms with Crippen LogP contribution >= 0.6 is 27.5 Å². The lowest BCUT2D eigenvalue weighted by atomic mass is 10.2. The van der Waals surface area contributed by atoms with Crippen molar-refractivity contribution in [3.63, 3.8) is 0 Å². The van der Waals surface area contributed by atoms with Crippen LogP contribution in [0.2, 0.25) is 5.02 Å². The fourth-order valence-electron chi connectivity index (χ4n) is 1.86. The molecule has 0 N–H and O–H groups in total. The number of esters is 1. The van der Waals surface area contributed by atoms with Gasteiger partial charge in [-0.3, -0.25) is 0 Å². The van der Waals surface area contributed by atoms with Gasteiger partial charge in [0.25, 0.3) is 0 Å². The predicted molar refractivity (Wildman–Crippen MR) is 105 cm³/mol. The van der Waals surface area contributed by atoms with Gasteiger partial charge in [0.2, 0.25) is 0 Å². The number of hydrogen-bond acceptors (Lipinski definition) is 6. The maximum atomic E-state index is 12.7. The molecule has 0 fully saturated rings. The lowest BCUT2D eigenvalue weighted by Gasteiger charge is -2.29. The molecule has 0 saturated heterocycles. The van der Waals surface area contributed by atoms with Crippen LogP contribution in [0.5, 0.6) is 0 Å². The summed E-state index contributed by atoms with van der Waals surface area (Å²) in [6, 6.07) is 2.67. The molecule has 0 radical (unpaired) electrons. The van der Waals surface area contributed by atoms with Crippen molar-refractivity contribution in [1.82, 2.24) is 0 Å². The molecule has 0 aromatic heterocycles. The van der Waals surface area contributed by atoms with Crippen molar-refractivity contribution in [2.24, 2.45) is 0 Å². The number of anilines is 1. The summed E-state index contributed by atoms with van der Waals surface area (Å²) in [5.74, 6) is -0.665. The van der Waals surface area contributed by atoms with E-state index in [4.69, 9.17) is 25.8 Å². The van der Waals surface area contributed by atoms with Crippen molar-refractivity contribution in [1.29, 1.82) is 0 Å². The summed E-state index contributed by atoms with van der Waals surface area (Å²) < 4.78 is 15.6. The molecule has 0 aliphatic rings. The van der Waals surface area contributed by atoms with E-state index in [0.717, 1.165) is 0 Å². The third-order valence-corrected chi connectivity index (χ3v) is 4.07. The number of rotatable bonds is 2. The Labute approximate surface area is 172 Å². The van der Waals surface area contributed by atoms with Crippen LogP contribution in [0.1, 0.15) is 51.9 Å². The number of halogens is 2. The molecule has 1 aromatic carbocycles. The smallest absolute Gasteiger partial charge is 0.424 e. The van der Waals surface area contributed by atoms with Crippen LogP contribution in [0, 0.1) is 0 Å². The fourth-order valence-corrected chi connectivity index (χ4v) is 2.50. The molecule has 0 spiro atoms. The van der Waals surface area contributed by atoms with E-state index < -0.39 is 29.4 Å². The highest BCUT2D eigenvalue weighted by molar-refractivity contribution is 9.10. The highest BCUT2D eigenvalue weighted by atomic mass is 79.9. The largest absolute Gasteiger partial charge is 0.465 e. The minimum Gasteiger partial charge on any atom is -0.465 e. The molecule has 0 unspecified atom stereocenters. The van der Waals surface area contributed by atoms with E-state index in [-0.39, 0.29) is 16.3 Å². The topological polar surface area (TPSA) is 82.1 Å². The normalized spacial score (nSPS) is 11.6. The number of methoxy groups -OCH3 is 1. The van der Waals surface area contributed by atoms with Gasteiger partial charge in [-0.05, 0) is 69.6 Å². The fraction of sp³-hybridized carbons (Fsp3) is 0.500. The summed E-state index contributed by atoms with van der Waals surface area (Å²) in [5, 5.41) is 0.0272. The average molecular weight is 465 g/mol. The number of carbonyl (C=O) groups excluding carboxylic acids is 3. The van der Waals surface area contributed by atoms with Crippen LogP contribution in [0.3, 0.4) is 0 Å². The number of nitrogens with zero attached hydrogens (tertiary/aromatic N) is 1. The van der Waals surface area contributed by atoms with Crippen LogP contribution in [0.25, 0.3) is 0 Å². The Hall–Kier alpha value is -1.80. The van der Waals surface area contributed by atoms with Crippen molar-refractivity contribution in [3.05, 3.63) is 27.2 Å². The Bertz CT molecular complexity index is 723. The summed E-state index contributed by atoms with van der Waals surface area (Å²) in [4.78, 5) is 38.0. The van der Waals surface area contributed by atoms with E-state index in [2.05, 4.69) is 15.9 Å². The molecular weight excluding hydrogens is 442 g/mol. The van der Waals surface area contributed by atoms with Gasteiger partial charge in [-0.1, -0.05) is 11.6 Å². The Morgan fingerprint density at radius 1 is 0.963 bits per heavy atom. The maximum Gasteiger partial charge on any atom is 0.424 e. The molecular formula is C18H23BrClNO6. The van der Waals surface area contributed by atoms with Crippen molar-refractivity contribution in [2.45, 2.75) is 52.7 Å². The van der Waals surface area contributed by atoms with Gasteiger partial charge in [0.15, 0.2) is 0 Å². The van der Waals surface area contributed by atoms with E-state index in [9.17, 15) is 14.4 Å². The van der Waals surface area contributed by atoms with E-state index in [1.807, 2.05) is 0 Å². The number of hydrogen-bond donors (Lipinski definition) is 0. The first-order valence-corrected chi connectivity index (χ1v) is 9.17. The lowest BCUT2D eigenvalue weighted by molar-refractivity contribution is 0.0428. The van der Waals surface area contributed by atoms with Crippen LogP contribution < -0.4 is 4.90 Å². The van der Waals surface area contributed by atoms with Crippen molar-refractivity contribution in [3.8, 4) is 0 Å². The molecule has 9 heteroatoms. The van der Waals surface area contributed by atoms with Crippen LogP contribution in [0.4, 0.5) is 15.3 Å². The van der Waals surface area contributed by atoms with Crippen molar-refractivity contribution >= 4 is 51.4 Å². The number of ether oxygens (including phenoxy) is 3. The molecule has 0 aliphatic heterocycles. The minimum absolute atomic E-state index is 0.0272. The van der Waals surface area contributed by atoms with Gasteiger partial charge in [0.05, 0.1) is 23.4 Å². The van der Waals surface area contributed by atoms with E-state index in [0.29, 0.717) is 9.37 Å². The van der Waals surface area contributed by atoms with Gasteiger partial charge in [0.1, 0.15) is 11.2 Å². The first-order chi connectivity index (χ1) is 12.2. The van der Waals surface area contributed by atoms with Crippen LogP contribution in [-0.2, 0) is 14.2 Å². The van der Waals surface area contributed by atoms with Crippen LogP contribution in [0.15, 0.2) is 16.6 Å². The third kappa shape index (κ3) is 6.70. The zero-order valence-electron chi connectivity index (χ0n) is 16.3. The molecule has 7 nitrogen and oxygen atoms in total. The van der Waals surface area contributed by atoms with Gasteiger partial charge in [-0.25, -0.2) is 14.4 Å². The minimum atomic E-state index is -0.993. The lowest BCUT2D eigenvalue weighted by Crippen LogP contribution is -2.44. The molecule has 0 saturated carbocycles. The second-order valence-corrected chi connectivity index (χ2v) is 8.81. The molecule has 0 heterocycles. The molecule has 0 bridgehead atoms.